The van der Waals surface area contributed by atoms with Gasteiger partial charge in [-0.2, -0.15) is 0 Å². The van der Waals surface area contributed by atoms with Crippen LogP contribution in [0.15, 0.2) is 23.1 Å². The summed E-state index contributed by atoms with van der Waals surface area (Å²) in [6, 6.07) is 4.83. The Hall–Kier alpha value is -1.44. The monoisotopic (exact) mass is 313 g/mol. The lowest BCUT2D eigenvalue weighted by Crippen LogP contribution is -2.22. The van der Waals surface area contributed by atoms with Gasteiger partial charge in [-0.05, 0) is 51.1 Å². The van der Waals surface area contributed by atoms with Crippen molar-refractivity contribution in [3.05, 3.63) is 23.8 Å². The zero-order valence-corrected chi connectivity index (χ0v) is 13.5. The molecule has 0 aliphatic heterocycles. The maximum absolute atomic E-state index is 12.0. The quantitative estimate of drug-likeness (QED) is 0.704. The summed E-state index contributed by atoms with van der Waals surface area (Å²) in [6.07, 6.45) is 1.48. The highest BCUT2D eigenvalue weighted by atomic mass is 32.2. The molecule has 0 fully saturated rings. The van der Waals surface area contributed by atoms with E-state index in [4.69, 9.17) is 5.73 Å². The number of anilines is 1. The van der Waals surface area contributed by atoms with Crippen molar-refractivity contribution >= 4 is 21.6 Å². The molecule has 1 amide bonds. The molecule has 1 aromatic rings. The van der Waals surface area contributed by atoms with Crippen LogP contribution in [0.1, 0.15) is 25.3 Å². The molecular weight excluding hydrogens is 290 g/mol. The van der Waals surface area contributed by atoms with Gasteiger partial charge in [0.1, 0.15) is 0 Å². The molecule has 0 bridgehead atoms. The highest BCUT2D eigenvalue weighted by molar-refractivity contribution is 7.89. The van der Waals surface area contributed by atoms with Crippen LogP contribution in [0.25, 0.3) is 0 Å². The Morgan fingerprint density at radius 1 is 1.38 bits per heavy atom. The third-order valence-electron chi connectivity index (χ3n) is 3.30. The average Bonchev–Trinajstić information content (AvgIpc) is 2.46. The SMILES string of the molecule is CNS(=O)(=O)c1cc(NC(=O)C(C)CCCN)ccc1C. The minimum atomic E-state index is -3.54. The van der Waals surface area contributed by atoms with Crippen LogP contribution in [-0.4, -0.2) is 27.9 Å². The van der Waals surface area contributed by atoms with Gasteiger partial charge in [0.05, 0.1) is 4.90 Å². The van der Waals surface area contributed by atoms with E-state index in [0.717, 1.165) is 6.42 Å². The van der Waals surface area contributed by atoms with Gasteiger partial charge in [0.15, 0.2) is 0 Å². The molecule has 1 unspecified atom stereocenters. The van der Waals surface area contributed by atoms with Crippen LogP contribution < -0.4 is 15.8 Å². The number of nitrogens with two attached hydrogens (primary N) is 1. The second-order valence-corrected chi connectivity index (χ2v) is 6.86. The summed E-state index contributed by atoms with van der Waals surface area (Å²) in [7, 11) is -2.18. The molecule has 4 N–H and O–H groups in total. The van der Waals surface area contributed by atoms with Crippen LogP contribution in [0.5, 0.6) is 0 Å². The van der Waals surface area contributed by atoms with Crippen molar-refractivity contribution in [1.82, 2.24) is 4.72 Å². The molecule has 0 saturated heterocycles. The normalized spacial score (nSPS) is 13.0. The zero-order chi connectivity index (χ0) is 16.0. The summed E-state index contributed by atoms with van der Waals surface area (Å²) in [5.41, 5.74) is 6.52. The van der Waals surface area contributed by atoms with Gasteiger partial charge in [-0.15, -0.1) is 0 Å². The zero-order valence-electron chi connectivity index (χ0n) is 12.6. The fraction of sp³-hybridized carbons (Fsp3) is 0.500. The van der Waals surface area contributed by atoms with Gasteiger partial charge in [0.2, 0.25) is 15.9 Å². The van der Waals surface area contributed by atoms with E-state index in [9.17, 15) is 13.2 Å². The van der Waals surface area contributed by atoms with Crippen molar-refractivity contribution in [2.24, 2.45) is 11.7 Å². The fourth-order valence-electron chi connectivity index (χ4n) is 1.90. The molecule has 1 atom stereocenters. The van der Waals surface area contributed by atoms with Crippen molar-refractivity contribution in [3.8, 4) is 0 Å². The number of hydrogen-bond acceptors (Lipinski definition) is 4. The predicted octanol–water partition coefficient (Wildman–Crippen LogP) is 1.22. The van der Waals surface area contributed by atoms with Crippen molar-refractivity contribution < 1.29 is 13.2 Å². The number of hydrogen-bond donors (Lipinski definition) is 3. The minimum absolute atomic E-state index is 0.139. The predicted molar refractivity (Wildman–Crippen MR) is 83.5 cm³/mol. The first kappa shape index (κ1) is 17.6. The maximum Gasteiger partial charge on any atom is 0.240 e. The van der Waals surface area contributed by atoms with Crippen LogP contribution in [0.4, 0.5) is 5.69 Å². The Kier molecular flexibility index (Phi) is 6.32. The highest BCUT2D eigenvalue weighted by Gasteiger charge is 2.17. The van der Waals surface area contributed by atoms with E-state index in [1.807, 2.05) is 6.92 Å². The van der Waals surface area contributed by atoms with Crippen LogP contribution in [0.2, 0.25) is 0 Å². The van der Waals surface area contributed by atoms with Crippen molar-refractivity contribution in [2.75, 3.05) is 18.9 Å². The van der Waals surface area contributed by atoms with Crippen molar-refractivity contribution in [2.45, 2.75) is 31.6 Å². The largest absolute Gasteiger partial charge is 0.330 e. The smallest absolute Gasteiger partial charge is 0.240 e. The molecule has 0 spiro atoms. The van der Waals surface area contributed by atoms with Crippen LogP contribution in [0, 0.1) is 12.8 Å². The summed E-state index contributed by atoms with van der Waals surface area (Å²) >= 11 is 0. The van der Waals surface area contributed by atoms with Crippen molar-refractivity contribution in [3.63, 3.8) is 0 Å². The number of carbonyl (C=O) groups excluding carboxylic acids is 1. The van der Waals surface area contributed by atoms with Gasteiger partial charge in [-0.25, -0.2) is 13.1 Å². The Labute approximate surface area is 126 Å². The molecule has 0 aliphatic carbocycles. The molecule has 21 heavy (non-hydrogen) atoms. The van der Waals surface area contributed by atoms with Gasteiger partial charge in [-0.1, -0.05) is 13.0 Å². The number of amides is 1. The number of nitrogens with one attached hydrogen (secondary N) is 2. The number of benzene rings is 1. The molecule has 0 radical (unpaired) electrons. The van der Waals surface area contributed by atoms with E-state index in [2.05, 4.69) is 10.0 Å². The first-order chi connectivity index (χ1) is 9.81. The minimum Gasteiger partial charge on any atom is -0.330 e. The first-order valence-electron chi connectivity index (χ1n) is 6.87. The fourth-order valence-corrected chi connectivity index (χ4v) is 2.89. The van der Waals surface area contributed by atoms with E-state index in [1.54, 1.807) is 19.1 Å². The molecule has 118 valence electrons. The van der Waals surface area contributed by atoms with Crippen molar-refractivity contribution in [1.29, 1.82) is 0 Å². The number of rotatable bonds is 7. The lowest BCUT2D eigenvalue weighted by Gasteiger charge is -2.13. The van der Waals surface area contributed by atoms with E-state index < -0.39 is 10.0 Å². The molecule has 0 heterocycles. The molecular formula is C14H23N3O3S. The van der Waals surface area contributed by atoms with Gasteiger partial charge in [0, 0.05) is 11.6 Å². The van der Waals surface area contributed by atoms with Gasteiger partial charge >= 0.3 is 0 Å². The molecule has 7 heteroatoms. The standard InChI is InChI=1S/C14H23N3O3S/c1-10-6-7-12(9-13(10)21(19,20)16-3)17-14(18)11(2)5-4-8-15/h6-7,9,11,16H,4-5,8,15H2,1-3H3,(H,17,18). The van der Waals surface area contributed by atoms with Gasteiger partial charge < -0.3 is 11.1 Å². The third-order valence-corrected chi connectivity index (χ3v) is 4.86. The Morgan fingerprint density at radius 3 is 2.62 bits per heavy atom. The molecule has 6 nitrogen and oxygen atoms in total. The number of sulfonamides is 1. The van der Waals surface area contributed by atoms with Gasteiger partial charge in [0.25, 0.3) is 0 Å². The van der Waals surface area contributed by atoms with Crippen LogP contribution >= 0.6 is 0 Å². The topological polar surface area (TPSA) is 101 Å². The van der Waals surface area contributed by atoms with Crippen LogP contribution in [-0.2, 0) is 14.8 Å². The number of aryl methyl sites for hydroxylation is 1. The Bertz CT molecular complexity index is 599. The van der Waals surface area contributed by atoms with E-state index in [1.165, 1.54) is 13.1 Å². The summed E-state index contributed by atoms with van der Waals surface area (Å²) in [5.74, 6) is -0.306. The van der Waals surface area contributed by atoms with E-state index in [-0.39, 0.29) is 16.7 Å². The second-order valence-electron chi connectivity index (χ2n) is 5.01. The molecule has 0 aliphatic rings. The number of carbonyl (C=O) groups is 1. The summed E-state index contributed by atoms with van der Waals surface area (Å²) in [6.45, 7) is 4.08. The van der Waals surface area contributed by atoms with E-state index in [0.29, 0.717) is 24.2 Å². The lowest BCUT2D eigenvalue weighted by molar-refractivity contribution is -0.119. The Balaban J connectivity index is 2.91. The van der Waals surface area contributed by atoms with Crippen LogP contribution in [0.3, 0.4) is 0 Å². The maximum atomic E-state index is 12.0. The molecule has 0 saturated carbocycles. The molecule has 0 aromatic heterocycles. The average molecular weight is 313 g/mol. The summed E-state index contributed by atoms with van der Waals surface area (Å²) in [5, 5.41) is 2.74. The lowest BCUT2D eigenvalue weighted by atomic mass is 10.0. The van der Waals surface area contributed by atoms with E-state index >= 15 is 0 Å². The van der Waals surface area contributed by atoms with Gasteiger partial charge in [-0.3, -0.25) is 4.79 Å². The molecule has 1 aromatic carbocycles. The third kappa shape index (κ3) is 4.80. The Morgan fingerprint density at radius 2 is 2.05 bits per heavy atom. The first-order valence-corrected chi connectivity index (χ1v) is 8.35. The summed E-state index contributed by atoms with van der Waals surface area (Å²) < 4.78 is 26.1. The molecule has 1 rings (SSSR count). The highest BCUT2D eigenvalue weighted by Crippen LogP contribution is 2.20. The summed E-state index contributed by atoms with van der Waals surface area (Å²) in [4.78, 5) is 12.2. The second kappa shape index (κ2) is 7.53.